The monoisotopic (exact) mass is 490 g/mol. The summed E-state index contributed by atoms with van der Waals surface area (Å²) < 4.78 is 11.9. The van der Waals surface area contributed by atoms with Gasteiger partial charge in [-0.15, -0.1) is 0 Å². The number of methoxy groups -OCH3 is 1. The lowest BCUT2D eigenvalue weighted by Gasteiger charge is -2.19. The van der Waals surface area contributed by atoms with Crippen LogP contribution in [0.4, 0.5) is 5.69 Å². The number of nitrogens with zero attached hydrogens (tertiary/aromatic N) is 1. The fourth-order valence-corrected chi connectivity index (χ4v) is 3.93. The van der Waals surface area contributed by atoms with Gasteiger partial charge in [-0.25, -0.2) is 4.79 Å². The van der Waals surface area contributed by atoms with E-state index in [1.165, 1.54) is 18.5 Å². The predicted octanol–water partition coefficient (Wildman–Crippen LogP) is 5.05. The third-order valence-corrected chi connectivity index (χ3v) is 5.89. The Balaban J connectivity index is 1.70. The molecule has 1 atom stereocenters. The van der Waals surface area contributed by atoms with Crippen LogP contribution in [0.15, 0.2) is 77.6 Å². The van der Waals surface area contributed by atoms with Gasteiger partial charge in [0.25, 0.3) is 11.5 Å². The van der Waals surface area contributed by atoms with Crippen LogP contribution in [0.2, 0.25) is 5.02 Å². The van der Waals surface area contributed by atoms with E-state index in [-0.39, 0.29) is 11.3 Å². The summed E-state index contributed by atoms with van der Waals surface area (Å²) in [6.45, 7) is 1.47. The fraction of sp³-hybridized carbons (Fsp3) is 0.148. The Morgan fingerprint density at radius 1 is 0.943 bits per heavy atom. The molecule has 178 valence electrons. The second kappa shape index (κ2) is 10.0. The van der Waals surface area contributed by atoms with Crippen molar-refractivity contribution in [2.45, 2.75) is 13.0 Å². The summed E-state index contributed by atoms with van der Waals surface area (Å²) in [7, 11) is 3.06. The fourth-order valence-electron chi connectivity index (χ4n) is 3.80. The number of rotatable bonds is 6. The normalized spacial score (nSPS) is 11.7. The molecule has 1 amide bonds. The summed E-state index contributed by atoms with van der Waals surface area (Å²) in [5.41, 5.74) is 1.43. The molecule has 0 bridgehead atoms. The zero-order chi connectivity index (χ0) is 25.1. The van der Waals surface area contributed by atoms with Crippen molar-refractivity contribution in [3.8, 4) is 16.9 Å². The first-order valence-corrected chi connectivity index (χ1v) is 11.2. The molecule has 1 unspecified atom stereocenters. The molecule has 0 saturated carbocycles. The molecule has 4 rings (SSSR count). The summed E-state index contributed by atoms with van der Waals surface area (Å²) in [4.78, 5) is 39.1. The number of aromatic nitrogens is 1. The number of benzene rings is 3. The SMILES string of the molecule is COc1ccc(NC(=O)C(C)OC(=O)c2c(-c3ccc(Cl)cc3)c3ccccc3c(=O)n2C)cc1. The molecule has 0 aliphatic heterocycles. The van der Waals surface area contributed by atoms with Crippen LogP contribution < -0.4 is 15.6 Å². The number of esters is 1. The lowest BCUT2D eigenvalue weighted by atomic mass is 9.96. The number of carbonyl (C=O) groups excluding carboxylic acids is 2. The van der Waals surface area contributed by atoms with Gasteiger partial charge < -0.3 is 19.4 Å². The molecule has 0 aliphatic carbocycles. The van der Waals surface area contributed by atoms with Crippen LogP contribution in [-0.2, 0) is 16.6 Å². The predicted molar refractivity (Wildman–Crippen MR) is 136 cm³/mol. The molecule has 0 radical (unpaired) electrons. The molecule has 35 heavy (non-hydrogen) atoms. The molecular weight excluding hydrogens is 468 g/mol. The minimum atomic E-state index is -1.12. The van der Waals surface area contributed by atoms with Crippen LogP contribution in [0.3, 0.4) is 0 Å². The molecule has 1 aromatic heterocycles. The Hall–Kier alpha value is -4.10. The summed E-state index contributed by atoms with van der Waals surface area (Å²) >= 11 is 6.07. The molecule has 0 fully saturated rings. The van der Waals surface area contributed by atoms with Crippen LogP contribution >= 0.6 is 11.6 Å². The van der Waals surface area contributed by atoms with E-state index in [4.69, 9.17) is 21.1 Å². The Kier molecular flexibility index (Phi) is 6.89. The van der Waals surface area contributed by atoms with Crippen LogP contribution in [0.5, 0.6) is 5.75 Å². The molecule has 1 heterocycles. The summed E-state index contributed by atoms with van der Waals surface area (Å²) in [5.74, 6) is -0.658. The third kappa shape index (κ3) is 4.90. The molecule has 0 aliphatic rings. The van der Waals surface area contributed by atoms with Gasteiger partial charge in [-0.1, -0.05) is 41.9 Å². The molecular formula is C27H23ClN2O5. The highest BCUT2D eigenvalue weighted by Gasteiger charge is 2.26. The number of hydrogen-bond acceptors (Lipinski definition) is 5. The van der Waals surface area contributed by atoms with E-state index in [0.717, 1.165) is 0 Å². The van der Waals surface area contributed by atoms with Crippen molar-refractivity contribution in [3.05, 3.63) is 93.9 Å². The third-order valence-electron chi connectivity index (χ3n) is 5.64. The van der Waals surface area contributed by atoms with Crippen molar-refractivity contribution in [2.24, 2.45) is 7.05 Å². The minimum absolute atomic E-state index is 0.0418. The maximum absolute atomic E-state index is 13.4. The maximum Gasteiger partial charge on any atom is 0.356 e. The number of carbonyl (C=O) groups is 2. The smallest absolute Gasteiger partial charge is 0.356 e. The Morgan fingerprint density at radius 2 is 1.57 bits per heavy atom. The van der Waals surface area contributed by atoms with E-state index >= 15 is 0 Å². The molecule has 0 saturated heterocycles. The van der Waals surface area contributed by atoms with Crippen molar-refractivity contribution in [1.29, 1.82) is 0 Å². The average Bonchev–Trinajstić information content (AvgIpc) is 2.87. The molecule has 3 aromatic carbocycles. The number of fused-ring (bicyclic) bond motifs is 1. The van der Waals surface area contributed by atoms with Crippen molar-refractivity contribution in [1.82, 2.24) is 4.57 Å². The average molecular weight is 491 g/mol. The van der Waals surface area contributed by atoms with Gasteiger partial charge in [-0.05, 0) is 60.3 Å². The van der Waals surface area contributed by atoms with Crippen molar-refractivity contribution in [2.75, 3.05) is 12.4 Å². The highest BCUT2D eigenvalue weighted by Crippen LogP contribution is 2.32. The number of anilines is 1. The zero-order valence-electron chi connectivity index (χ0n) is 19.4. The molecule has 0 spiro atoms. The first kappa shape index (κ1) is 24.0. The van der Waals surface area contributed by atoms with Crippen molar-refractivity contribution in [3.63, 3.8) is 0 Å². The van der Waals surface area contributed by atoms with Gasteiger partial charge in [0, 0.05) is 28.7 Å². The van der Waals surface area contributed by atoms with E-state index in [1.807, 2.05) is 0 Å². The van der Waals surface area contributed by atoms with Gasteiger partial charge in [-0.2, -0.15) is 0 Å². The minimum Gasteiger partial charge on any atom is -0.497 e. The first-order valence-electron chi connectivity index (χ1n) is 10.8. The maximum atomic E-state index is 13.4. The van der Waals surface area contributed by atoms with Crippen LogP contribution in [0, 0.1) is 0 Å². The Bertz CT molecular complexity index is 1460. The molecule has 1 N–H and O–H groups in total. The summed E-state index contributed by atoms with van der Waals surface area (Å²) in [6, 6.07) is 20.7. The van der Waals surface area contributed by atoms with Gasteiger partial charge in [0.05, 0.1) is 7.11 Å². The number of hydrogen-bond donors (Lipinski definition) is 1. The van der Waals surface area contributed by atoms with E-state index in [0.29, 0.717) is 38.4 Å². The van der Waals surface area contributed by atoms with Crippen molar-refractivity contribution >= 4 is 39.9 Å². The first-order chi connectivity index (χ1) is 16.8. The van der Waals surface area contributed by atoms with E-state index < -0.39 is 18.0 Å². The quantitative estimate of drug-likeness (QED) is 0.382. The van der Waals surface area contributed by atoms with Gasteiger partial charge in [0.15, 0.2) is 6.10 Å². The Morgan fingerprint density at radius 3 is 2.20 bits per heavy atom. The van der Waals surface area contributed by atoms with Gasteiger partial charge in [0.1, 0.15) is 11.4 Å². The van der Waals surface area contributed by atoms with Gasteiger partial charge >= 0.3 is 5.97 Å². The van der Waals surface area contributed by atoms with Gasteiger partial charge in [0.2, 0.25) is 0 Å². The number of ether oxygens (including phenoxy) is 2. The molecule has 8 heteroatoms. The Labute approximate surface area is 206 Å². The summed E-state index contributed by atoms with van der Waals surface area (Å²) in [6.07, 6.45) is -1.12. The lowest BCUT2D eigenvalue weighted by molar-refractivity contribution is -0.123. The summed E-state index contributed by atoms with van der Waals surface area (Å²) in [5, 5.41) is 4.30. The second-order valence-electron chi connectivity index (χ2n) is 7.91. The lowest BCUT2D eigenvalue weighted by Crippen LogP contribution is -2.32. The zero-order valence-corrected chi connectivity index (χ0v) is 20.1. The van der Waals surface area contributed by atoms with E-state index in [2.05, 4.69) is 5.32 Å². The standard InChI is InChI=1S/C27H23ClN2O5/c1-16(25(31)29-19-12-14-20(34-3)15-13-19)35-27(33)24-23(17-8-10-18(28)11-9-17)21-6-4-5-7-22(21)26(32)30(24)2/h4-16H,1-3H3,(H,29,31). The number of pyridine rings is 1. The number of halogens is 1. The second-order valence-corrected chi connectivity index (χ2v) is 8.34. The highest BCUT2D eigenvalue weighted by molar-refractivity contribution is 6.30. The molecule has 7 nitrogen and oxygen atoms in total. The van der Waals surface area contributed by atoms with Crippen LogP contribution in [0.1, 0.15) is 17.4 Å². The van der Waals surface area contributed by atoms with Crippen LogP contribution in [0.25, 0.3) is 21.9 Å². The van der Waals surface area contributed by atoms with Crippen molar-refractivity contribution < 1.29 is 19.1 Å². The number of amides is 1. The van der Waals surface area contributed by atoms with E-state index in [1.54, 1.807) is 79.9 Å². The topological polar surface area (TPSA) is 86.6 Å². The number of nitrogens with one attached hydrogen (secondary N) is 1. The molecule has 4 aromatic rings. The largest absolute Gasteiger partial charge is 0.497 e. The highest BCUT2D eigenvalue weighted by atomic mass is 35.5. The van der Waals surface area contributed by atoms with Gasteiger partial charge in [-0.3, -0.25) is 9.59 Å². The van der Waals surface area contributed by atoms with Crippen LogP contribution in [-0.4, -0.2) is 29.7 Å². The van der Waals surface area contributed by atoms with E-state index in [9.17, 15) is 14.4 Å².